The second-order valence-corrected chi connectivity index (χ2v) is 10.8. The van der Waals surface area contributed by atoms with Gasteiger partial charge in [0.05, 0.1) is 17.9 Å². The molecule has 1 amide bonds. The molecule has 0 N–H and O–H groups in total. The van der Waals surface area contributed by atoms with Gasteiger partial charge in [0.25, 0.3) is 0 Å². The molecule has 1 heterocycles. The van der Waals surface area contributed by atoms with E-state index in [9.17, 15) is 22.4 Å². The minimum atomic E-state index is -3.66. The van der Waals surface area contributed by atoms with Gasteiger partial charge in [0.2, 0.25) is 0 Å². The third-order valence-corrected chi connectivity index (χ3v) is 7.36. The number of esters is 1. The molecule has 0 bridgehead atoms. The lowest BCUT2D eigenvalue weighted by molar-refractivity contribution is -0.142. The molecule has 1 aliphatic heterocycles. The van der Waals surface area contributed by atoms with Gasteiger partial charge in [0.1, 0.15) is 12.4 Å². The summed E-state index contributed by atoms with van der Waals surface area (Å²) in [5.41, 5.74) is 3.19. The van der Waals surface area contributed by atoms with Crippen LogP contribution < -0.4 is 0 Å². The number of rotatable bonds is 7. The summed E-state index contributed by atoms with van der Waals surface area (Å²) in [6.45, 7) is 2.36. The van der Waals surface area contributed by atoms with Crippen LogP contribution in [0.2, 0.25) is 0 Å². The van der Waals surface area contributed by atoms with Crippen molar-refractivity contribution in [1.29, 1.82) is 0 Å². The molecule has 4 rings (SSSR count). The smallest absolute Gasteiger partial charge is 0.410 e. The third kappa shape index (κ3) is 6.17. The molecule has 37 heavy (non-hydrogen) atoms. The van der Waals surface area contributed by atoms with E-state index < -0.39 is 27.7 Å². The predicted molar refractivity (Wildman–Crippen MR) is 136 cm³/mol. The lowest BCUT2D eigenvalue weighted by atomic mass is 9.90. The van der Waals surface area contributed by atoms with Crippen molar-refractivity contribution in [2.24, 2.45) is 0 Å². The average Bonchev–Trinajstić information content (AvgIpc) is 2.87. The summed E-state index contributed by atoms with van der Waals surface area (Å²) < 4.78 is 50.6. The Kier molecular flexibility index (Phi) is 7.92. The highest BCUT2D eigenvalue weighted by Gasteiger charge is 2.28. The van der Waals surface area contributed by atoms with Crippen molar-refractivity contribution in [3.05, 3.63) is 88.7 Å². The van der Waals surface area contributed by atoms with Crippen molar-refractivity contribution in [3.8, 4) is 11.1 Å². The molecular formula is C28H28FNO6S. The van der Waals surface area contributed by atoms with Crippen molar-refractivity contribution in [2.45, 2.75) is 37.8 Å². The van der Waals surface area contributed by atoms with E-state index in [2.05, 4.69) is 0 Å². The van der Waals surface area contributed by atoms with E-state index in [1.54, 1.807) is 19.1 Å². The summed E-state index contributed by atoms with van der Waals surface area (Å²) in [7, 11) is -3.66. The van der Waals surface area contributed by atoms with Crippen LogP contribution in [0.15, 0.2) is 65.6 Å². The lowest BCUT2D eigenvalue weighted by Gasteiger charge is -2.30. The van der Waals surface area contributed by atoms with E-state index in [-0.39, 0.29) is 44.0 Å². The highest BCUT2D eigenvalue weighted by Crippen LogP contribution is 2.36. The summed E-state index contributed by atoms with van der Waals surface area (Å²) in [4.78, 5) is 26.4. The van der Waals surface area contributed by atoms with Crippen molar-refractivity contribution < 1.29 is 31.9 Å². The van der Waals surface area contributed by atoms with Gasteiger partial charge in [-0.3, -0.25) is 4.79 Å². The van der Waals surface area contributed by atoms with Crippen molar-refractivity contribution >= 4 is 21.9 Å². The Bertz CT molecular complexity index is 1420. The van der Waals surface area contributed by atoms with Crippen LogP contribution in [0.4, 0.5) is 9.18 Å². The fourth-order valence-corrected chi connectivity index (χ4v) is 5.33. The second-order valence-electron chi connectivity index (χ2n) is 8.85. The number of amides is 1. The number of benzene rings is 3. The number of fused-ring (bicyclic) bond motifs is 1. The van der Waals surface area contributed by atoms with Crippen LogP contribution in [0.5, 0.6) is 0 Å². The van der Waals surface area contributed by atoms with Gasteiger partial charge in [-0.05, 0) is 59.4 Å². The van der Waals surface area contributed by atoms with Gasteiger partial charge < -0.3 is 14.4 Å². The van der Waals surface area contributed by atoms with E-state index in [4.69, 9.17) is 9.47 Å². The second kappa shape index (κ2) is 11.1. The zero-order chi connectivity index (χ0) is 26.6. The number of sulfone groups is 1. The molecule has 9 heteroatoms. The van der Waals surface area contributed by atoms with Crippen molar-refractivity contribution in [1.82, 2.24) is 4.90 Å². The minimum absolute atomic E-state index is 0.0355. The average molecular weight is 526 g/mol. The molecule has 194 valence electrons. The Balaban J connectivity index is 1.69. The van der Waals surface area contributed by atoms with Gasteiger partial charge in [-0.1, -0.05) is 42.5 Å². The van der Waals surface area contributed by atoms with Gasteiger partial charge in [-0.15, -0.1) is 0 Å². The molecule has 1 aliphatic rings. The van der Waals surface area contributed by atoms with Gasteiger partial charge in [-0.25, -0.2) is 17.6 Å². The molecule has 0 saturated heterocycles. The first-order chi connectivity index (χ1) is 17.7. The zero-order valence-corrected chi connectivity index (χ0v) is 21.5. The molecule has 0 aliphatic carbocycles. The molecule has 0 atom stereocenters. The molecule has 0 saturated carbocycles. The van der Waals surface area contributed by atoms with E-state index in [1.165, 1.54) is 23.1 Å². The van der Waals surface area contributed by atoms with E-state index in [0.717, 1.165) is 11.8 Å². The molecule has 0 fully saturated rings. The van der Waals surface area contributed by atoms with Gasteiger partial charge in [-0.2, -0.15) is 0 Å². The fourth-order valence-electron chi connectivity index (χ4n) is 4.45. The maximum Gasteiger partial charge on any atom is 0.410 e. The van der Waals surface area contributed by atoms with Crippen LogP contribution >= 0.6 is 0 Å². The topological polar surface area (TPSA) is 90.0 Å². The molecule has 7 nitrogen and oxygen atoms in total. The molecule has 3 aromatic rings. The first kappa shape index (κ1) is 26.3. The van der Waals surface area contributed by atoms with E-state index in [1.807, 2.05) is 30.3 Å². The number of nitrogens with zero attached hydrogens (tertiary/aromatic N) is 1. The summed E-state index contributed by atoms with van der Waals surface area (Å²) >= 11 is 0. The Hall–Kier alpha value is -3.72. The lowest BCUT2D eigenvalue weighted by Crippen LogP contribution is -2.37. The van der Waals surface area contributed by atoms with Crippen LogP contribution in [0, 0.1) is 5.82 Å². The molecule has 0 aromatic heterocycles. The standard InChI is InChI=1S/C28H28FNO6S/c1-3-35-27(31)16-20-9-12-26(37(2,33)34)23(15-20)21-10-11-25(29)22-13-14-30(17-24(21)22)28(32)36-18-19-7-5-4-6-8-19/h4-12,15H,3,13-14,16-18H2,1-2H3. The summed E-state index contributed by atoms with van der Waals surface area (Å²) in [5, 5.41) is 0. The van der Waals surface area contributed by atoms with Crippen LogP contribution in [0.25, 0.3) is 11.1 Å². The van der Waals surface area contributed by atoms with Crippen LogP contribution in [0.1, 0.15) is 29.2 Å². The molecular weight excluding hydrogens is 497 g/mol. The number of ether oxygens (including phenoxy) is 2. The number of carbonyl (C=O) groups excluding carboxylic acids is 2. The zero-order valence-electron chi connectivity index (χ0n) is 20.7. The van der Waals surface area contributed by atoms with Crippen LogP contribution in [-0.4, -0.2) is 44.8 Å². The number of hydrogen-bond acceptors (Lipinski definition) is 6. The van der Waals surface area contributed by atoms with Crippen molar-refractivity contribution in [3.63, 3.8) is 0 Å². The molecule has 0 unspecified atom stereocenters. The van der Waals surface area contributed by atoms with Crippen molar-refractivity contribution in [2.75, 3.05) is 19.4 Å². The fraction of sp³-hybridized carbons (Fsp3) is 0.286. The highest BCUT2D eigenvalue weighted by molar-refractivity contribution is 7.90. The largest absolute Gasteiger partial charge is 0.466 e. The Morgan fingerprint density at radius 1 is 0.946 bits per heavy atom. The van der Waals surface area contributed by atoms with E-state index >= 15 is 0 Å². The highest BCUT2D eigenvalue weighted by atomic mass is 32.2. The summed E-state index contributed by atoms with van der Waals surface area (Å²) in [6.07, 6.45) is 0.780. The van der Waals surface area contributed by atoms with Gasteiger partial charge >= 0.3 is 12.1 Å². The molecule has 3 aromatic carbocycles. The SMILES string of the molecule is CCOC(=O)Cc1ccc(S(C)(=O)=O)c(-c2ccc(F)c3c2CN(C(=O)OCc2ccccc2)CC3)c1. The first-order valence-electron chi connectivity index (χ1n) is 11.9. The Morgan fingerprint density at radius 2 is 1.70 bits per heavy atom. The quantitative estimate of drug-likeness (QED) is 0.416. The Labute approximate surface area is 215 Å². The van der Waals surface area contributed by atoms with Crippen LogP contribution in [-0.2, 0) is 50.1 Å². The third-order valence-electron chi connectivity index (χ3n) is 6.21. The summed E-state index contributed by atoms with van der Waals surface area (Å²) in [5.74, 6) is -0.853. The van der Waals surface area contributed by atoms with Gasteiger partial charge in [0.15, 0.2) is 9.84 Å². The summed E-state index contributed by atoms with van der Waals surface area (Å²) in [6, 6.07) is 16.7. The maximum atomic E-state index is 14.8. The van der Waals surface area contributed by atoms with E-state index in [0.29, 0.717) is 27.8 Å². The first-order valence-corrected chi connectivity index (χ1v) is 13.8. The minimum Gasteiger partial charge on any atom is -0.466 e. The van der Waals surface area contributed by atoms with Crippen LogP contribution in [0.3, 0.4) is 0 Å². The molecule has 0 radical (unpaired) electrons. The maximum absolute atomic E-state index is 14.8. The normalized spacial score (nSPS) is 13.1. The Morgan fingerprint density at radius 3 is 2.41 bits per heavy atom. The number of halogens is 1. The molecule has 0 spiro atoms. The predicted octanol–water partition coefficient (Wildman–Crippen LogP) is 4.70. The van der Waals surface area contributed by atoms with Gasteiger partial charge in [0, 0.05) is 24.9 Å². The number of hydrogen-bond donors (Lipinski definition) is 0. The number of carbonyl (C=O) groups is 2. The monoisotopic (exact) mass is 525 g/mol.